The van der Waals surface area contributed by atoms with Gasteiger partial charge in [0.1, 0.15) is 79.4 Å². The third-order valence-electron chi connectivity index (χ3n) is 20.4. The van der Waals surface area contributed by atoms with Crippen molar-refractivity contribution >= 4 is 125 Å². The molecule has 0 spiro atoms. The number of hydrogen-bond donors (Lipinski definition) is 12. The highest BCUT2D eigenvalue weighted by Crippen LogP contribution is 2.63. The second-order valence-corrected chi connectivity index (χ2v) is 45.1. The van der Waals surface area contributed by atoms with E-state index >= 15 is 4.57 Å². The number of nitrogen functional groups attached to an aromatic ring is 3. The number of aromatic amines is 4. The third kappa shape index (κ3) is 26.1. The van der Waals surface area contributed by atoms with Crippen molar-refractivity contribution in [3.8, 4) is 0 Å². The second kappa shape index (κ2) is 42.4. The van der Waals surface area contributed by atoms with E-state index in [1.807, 2.05) is 41.5 Å². The van der Waals surface area contributed by atoms with Crippen LogP contribution in [0, 0.1) is 29.6 Å². The molecule has 5 fully saturated rings. The summed E-state index contributed by atoms with van der Waals surface area (Å²) in [6, 6.07) is 2.76. The Balaban J connectivity index is 0.804. The summed E-state index contributed by atoms with van der Waals surface area (Å²) in [4.78, 5) is 151. The zero-order valence-electron chi connectivity index (χ0n) is 68.4. The summed E-state index contributed by atoms with van der Waals surface area (Å²) < 4.78 is 140. The van der Waals surface area contributed by atoms with Crippen molar-refractivity contribution in [1.82, 2.24) is 63.0 Å². The number of imidazole rings is 1. The van der Waals surface area contributed by atoms with Crippen LogP contribution in [0.3, 0.4) is 0 Å². The van der Waals surface area contributed by atoms with Crippen molar-refractivity contribution in [2.24, 2.45) is 28.4 Å². The second-order valence-electron chi connectivity index (χ2n) is 31.5. The van der Waals surface area contributed by atoms with Crippen molar-refractivity contribution in [2.75, 3.05) is 116 Å². The average Bonchev–Trinajstić information content (AvgIpc) is 1.61. The molecule has 0 aliphatic carbocycles. The molecule has 6 aromatic rings. The molecule has 0 saturated carbocycles. The fraction of sp³-hybridized carbons (Fsp3) is 0.676. The van der Waals surface area contributed by atoms with Crippen molar-refractivity contribution in [1.29, 1.82) is 0 Å². The maximum absolute atomic E-state index is 15.2. The molecule has 690 valence electrons. The van der Waals surface area contributed by atoms with Crippen LogP contribution in [0.2, 0.25) is 0 Å². The molecule has 5 aliphatic rings. The summed E-state index contributed by atoms with van der Waals surface area (Å²) >= 11 is 19.8. The smallest absolute Gasteiger partial charge is 0.389 e. The van der Waals surface area contributed by atoms with Gasteiger partial charge in [0.15, 0.2) is 11.2 Å². The van der Waals surface area contributed by atoms with Gasteiger partial charge in [0.25, 0.3) is 16.7 Å². The molecule has 0 radical (unpaired) electrons. The standard InChI is InChI=1S/C68H102BrN17O30P4S4/c1-35(2)37-19-51(82-12-9-48(71)75-62(82)92)109-44(37)28-107-120(123,103-18-17-101-16-15-100-14-11-74-50(88)24-67(4,5)33-102-34-68(6,7)32-70)116-42-22-53(84-25-36(3)58(89)80-64(84)94)111-46(42)30-105-118(98,122)114-40-23-55(86-57-56(77-66(86)96)60(91)79-61(73)78-57)112-47(40)31-106-119(99,124-8)115-41-21-52(83-13-10-49(72)76-63(83)93)110-45(41)29-104-117(97,121)113-39-20-54(108-43(39)27-87)85-26-38(69)59(90)81-65(85)95/h9-10,12-13,25-26,35,37,39-47,51-55,87H,11,14-24,27-34,70H2,1-8H3,(H,74,88)(H,77,96)(H,97,121)(H,98,122)(H2,71,75,92)(H2,72,76,93)(H,80,89,94)(H,81,90,95)(H3,73,78,79,91)/t37?,39?,40?,41?,42?,43-,44-,45-,46-,47-,51-,52-,53-,54-,55-,117?,118?,119?,120?/m1/s1. The molecule has 124 heavy (non-hydrogen) atoms. The third-order valence-corrected chi connectivity index (χ3v) is 30.0. The molecule has 5 aliphatic heterocycles. The Morgan fingerprint density at radius 3 is 1.76 bits per heavy atom. The van der Waals surface area contributed by atoms with Crippen LogP contribution in [0.1, 0.15) is 117 Å². The van der Waals surface area contributed by atoms with Crippen molar-refractivity contribution in [3.63, 3.8) is 0 Å². The molecular formula is C68H102BrN17O30P4S4. The Bertz CT molecular complexity index is 5470. The number of nitrogens with two attached hydrogens (primary N) is 4. The number of nitrogens with one attached hydrogen (secondary N) is 5. The minimum Gasteiger partial charge on any atom is -0.394 e. The van der Waals surface area contributed by atoms with Gasteiger partial charge in [0, 0.05) is 74.4 Å². The Kier molecular flexibility index (Phi) is 33.8. The van der Waals surface area contributed by atoms with E-state index < -0.39 is 202 Å². The van der Waals surface area contributed by atoms with Crippen LogP contribution in [0.15, 0.2) is 79.7 Å². The van der Waals surface area contributed by atoms with Crippen LogP contribution in [-0.2, 0) is 116 Å². The summed E-state index contributed by atoms with van der Waals surface area (Å²) in [7, 11) is 0. The maximum Gasteiger partial charge on any atom is 0.389 e. The Hall–Kier alpha value is -5.72. The Morgan fingerprint density at radius 2 is 1.15 bits per heavy atom. The SMILES string of the molecule is CSP(=O)(OC[C@H]1O[C@@H](n2c(=O)[nH]c3c(=O)[nH]c(N)nc32)CC1OP(O)(=S)OC[C@H]1O[C@@H](n2cc(C)c(=O)[nH]c2=O)CC1OP(=S)(OCCOCCOCCNC(=O)CC(C)(C)COCC(C)(C)CN)OC[C@H]1O[C@@H](n2ccc(N)nc2=O)CC1C(C)C)OC1C[C@H](n2ccc(N)nc2=O)O[C@@H]1COP(=O)(S)OC1C[C@H](n2cc(Br)c(=O)[nH]c2=O)O[C@@H]1CO. The van der Waals surface area contributed by atoms with Gasteiger partial charge in [0.2, 0.25) is 11.9 Å². The monoisotopic (exact) mass is 1970 g/mol. The number of hydrogen-bond acceptors (Lipinski definition) is 39. The molecule has 11 rings (SSSR count). The maximum atomic E-state index is 15.2. The van der Waals surface area contributed by atoms with Crippen LogP contribution in [0.4, 0.5) is 17.6 Å². The molecule has 11 heterocycles. The summed E-state index contributed by atoms with van der Waals surface area (Å²) in [6.45, 7) is -6.57. The summed E-state index contributed by atoms with van der Waals surface area (Å²) in [5, 5.41) is 13.1. The predicted molar refractivity (Wildman–Crippen MR) is 459 cm³/mol. The number of amides is 1. The fourth-order valence-corrected chi connectivity index (χ4v) is 21.7. The minimum atomic E-state index is -4.74. The molecule has 47 nitrogen and oxygen atoms in total. The zero-order chi connectivity index (χ0) is 90.1. The van der Waals surface area contributed by atoms with Crippen LogP contribution in [-0.4, -0.2) is 227 Å². The number of aliphatic hydroxyl groups is 1. The number of carbonyl (C=O) groups excluding carboxylic acids is 1. The van der Waals surface area contributed by atoms with Crippen LogP contribution in [0.25, 0.3) is 11.2 Å². The number of carbonyl (C=O) groups is 1. The highest BCUT2D eigenvalue weighted by molar-refractivity contribution is 9.10. The van der Waals surface area contributed by atoms with Gasteiger partial charge in [-0.15, -0.1) is 0 Å². The Labute approximate surface area is 733 Å². The van der Waals surface area contributed by atoms with Gasteiger partial charge in [-0.1, -0.05) is 53.8 Å². The molecule has 0 bridgehead atoms. The number of rotatable bonds is 45. The normalized spacial score (nSPS) is 26.3. The van der Waals surface area contributed by atoms with Crippen LogP contribution in [0.5, 0.6) is 0 Å². The summed E-state index contributed by atoms with van der Waals surface area (Å²) in [5.74, 6) is -1.02. The van der Waals surface area contributed by atoms with E-state index in [1.54, 1.807) is 0 Å². The van der Waals surface area contributed by atoms with Gasteiger partial charge in [0.05, 0.1) is 102 Å². The first kappa shape index (κ1) is 98.9. The number of H-pyrrole nitrogens is 4. The number of halogens is 1. The first-order valence-electron chi connectivity index (χ1n) is 38.9. The molecule has 5 saturated heterocycles. The molecule has 56 heteroatoms. The summed E-state index contributed by atoms with van der Waals surface area (Å²) in [6.07, 6.45) is -11.9. The van der Waals surface area contributed by atoms with Gasteiger partial charge in [-0.2, -0.15) is 15.0 Å². The van der Waals surface area contributed by atoms with Gasteiger partial charge in [-0.05, 0) is 106 Å². The molecule has 1 amide bonds. The van der Waals surface area contributed by atoms with Gasteiger partial charge < -0.3 is 98.8 Å². The molecule has 6 aromatic heterocycles. The zero-order valence-corrected chi connectivity index (χ0v) is 76.9. The number of aromatic nitrogens is 12. The fourth-order valence-electron chi connectivity index (χ4n) is 14.0. The van der Waals surface area contributed by atoms with Gasteiger partial charge in [-0.25, -0.2) is 37.7 Å². The van der Waals surface area contributed by atoms with E-state index in [4.69, 9.17) is 125 Å². The first-order chi connectivity index (χ1) is 58.4. The number of nitrogens with zero attached hydrogens (tertiary/aromatic N) is 8. The number of anilines is 3. The number of aryl methyl sites for hydroxylation is 1. The number of thiol groups is 1. The van der Waals surface area contributed by atoms with Gasteiger partial charge in [-0.3, -0.25) is 75.5 Å². The largest absolute Gasteiger partial charge is 0.394 e. The molecule has 9 unspecified atom stereocenters. The Morgan fingerprint density at radius 1 is 0.629 bits per heavy atom. The lowest BCUT2D eigenvalue weighted by molar-refractivity contribution is -0.124. The molecular weight excluding hydrogens is 1870 g/mol. The minimum absolute atomic E-state index is 0.00575. The van der Waals surface area contributed by atoms with E-state index in [9.17, 15) is 57.7 Å². The highest BCUT2D eigenvalue weighted by Gasteiger charge is 2.50. The lowest BCUT2D eigenvalue weighted by Crippen LogP contribution is -2.35. The molecule has 15 N–H and O–H groups in total. The number of aliphatic hydroxyl groups excluding tert-OH is 1. The van der Waals surface area contributed by atoms with Crippen LogP contribution >= 0.6 is 66.6 Å². The van der Waals surface area contributed by atoms with Crippen molar-refractivity contribution < 1.29 is 103 Å². The van der Waals surface area contributed by atoms with E-state index in [2.05, 4.69) is 68.4 Å². The quantitative estimate of drug-likeness (QED) is 0.0148. The van der Waals surface area contributed by atoms with E-state index in [1.165, 1.54) is 48.5 Å². The molecule has 0 aromatic carbocycles. The number of fused-ring (bicyclic) bond motifs is 1. The van der Waals surface area contributed by atoms with E-state index in [0.29, 0.717) is 37.6 Å². The van der Waals surface area contributed by atoms with Crippen LogP contribution < -0.4 is 73.4 Å². The predicted octanol–water partition coefficient (Wildman–Crippen LogP) is 2.69. The lowest BCUT2D eigenvalue weighted by atomic mass is 9.89. The summed E-state index contributed by atoms with van der Waals surface area (Å²) in [5.41, 5.74) is 15.8. The van der Waals surface area contributed by atoms with Crippen molar-refractivity contribution in [2.45, 2.75) is 173 Å². The first-order valence-corrected chi connectivity index (χ1v) is 50.9. The van der Waals surface area contributed by atoms with Crippen molar-refractivity contribution in [3.05, 3.63) is 130 Å². The van der Waals surface area contributed by atoms with E-state index in [-0.39, 0.29) is 128 Å². The topological polar surface area (TPSA) is 628 Å². The average molecular weight is 1970 g/mol. The van der Waals surface area contributed by atoms with Gasteiger partial charge >= 0.3 is 55.5 Å². The number of ether oxygens (including phenoxy) is 8. The van der Waals surface area contributed by atoms with E-state index in [0.717, 1.165) is 24.5 Å². The highest BCUT2D eigenvalue weighted by atomic mass is 79.9. The lowest BCUT2D eigenvalue weighted by Gasteiger charge is -2.30. The molecule has 19 atom stereocenters.